The van der Waals surface area contributed by atoms with Crippen LogP contribution in [0.3, 0.4) is 0 Å². The molecule has 8 aromatic rings. The van der Waals surface area contributed by atoms with E-state index in [0.717, 1.165) is 5.82 Å². The number of anilines is 3. The molecule has 0 amide bonds. The Morgan fingerprint density at radius 2 is 1.19 bits per heavy atom. The van der Waals surface area contributed by atoms with E-state index in [9.17, 15) is 0 Å². The Labute approximate surface area is 279 Å². The standard InChI is InChI=1S/C45H31N3/c1-44(2)32-18-6-9-22-37(32)47(40-24-11-12-27-46-40)39-26-25-34-41(42(39)44)30-15-3-5-17-31(30)45(34)33-19-7-10-23-38(33)48-36-21-8-4-14-28(36)29-16-13-20-35(45)43(29)48/h3-27H,1-2H3. The minimum atomic E-state index is -0.482. The second-order valence-electron chi connectivity index (χ2n) is 13.9. The largest absolute Gasteiger partial charge is 0.309 e. The number of rotatable bonds is 1. The van der Waals surface area contributed by atoms with Crippen molar-refractivity contribution in [1.29, 1.82) is 0 Å². The summed E-state index contributed by atoms with van der Waals surface area (Å²) in [6.07, 6.45) is 1.90. The van der Waals surface area contributed by atoms with Crippen LogP contribution in [0.1, 0.15) is 47.2 Å². The van der Waals surface area contributed by atoms with Crippen LogP contribution in [-0.4, -0.2) is 9.55 Å². The van der Waals surface area contributed by atoms with Gasteiger partial charge in [0.2, 0.25) is 0 Å². The van der Waals surface area contributed by atoms with Gasteiger partial charge in [-0.1, -0.05) is 123 Å². The number of pyridine rings is 1. The highest BCUT2D eigenvalue weighted by Crippen LogP contribution is 2.65. The second-order valence-corrected chi connectivity index (χ2v) is 13.9. The highest BCUT2D eigenvalue weighted by Gasteiger charge is 2.53. The molecular weight excluding hydrogens is 583 g/mol. The highest BCUT2D eigenvalue weighted by molar-refractivity contribution is 6.13. The van der Waals surface area contributed by atoms with Crippen LogP contribution in [0.5, 0.6) is 0 Å². The van der Waals surface area contributed by atoms with Crippen molar-refractivity contribution in [2.45, 2.75) is 24.7 Å². The molecule has 2 aromatic heterocycles. The molecule has 0 bridgehead atoms. The van der Waals surface area contributed by atoms with E-state index in [1.807, 2.05) is 12.3 Å². The van der Waals surface area contributed by atoms with Gasteiger partial charge in [-0.05, 0) is 80.9 Å². The quantitative estimate of drug-likeness (QED) is 0.184. The van der Waals surface area contributed by atoms with Gasteiger partial charge in [0.1, 0.15) is 5.82 Å². The van der Waals surface area contributed by atoms with E-state index >= 15 is 0 Å². The van der Waals surface area contributed by atoms with Gasteiger partial charge in [0.05, 0.1) is 33.5 Å². The van der Waals surface area contributed by atoms with E-state index in [4.69, 9.17) is 4.98 Å². The smallest absolute Gasteiger partial charge is 0.137 e. The number of nitrogens with zero attached hydrogens (tertiary/aromatic N) is 3. The van der Waals surface area contributed by atoms with E-state index in [2.05, 4.69) is 163 Å². The summed E-state index contributed by atoms with van der Waals surface area (Å²) in [7, 11) is 0. The molecule has 11 rings (SSSR count). The van der Waals surface area contributed by atoms with E-state index in [0.29, 0.717) is 0 Å². The third kappa shape index (κ3) is 2.91. The summed E-state index contributed by atoms with van der Waals surface area (Å²) in [4.78, 5) is 7.27. The Bertz CT molecular complexity index is 2660. The average molecular weight is 614 g/mol. The summed E-state index contributed by atoms with van der Waals surface area (Å²) in [6.45, 7) is 4.81. The zero-order chi connectivity index (χ0) is 31.8. The molecule has 0 saturated heterocycles. The molecule has 48 heavy (non-hydrogen) atoms. The summed E-state index contributed by atoms with van der Waals surface area (Å²) < 4.78 is 2.52. The third-order valence-corrected chi connectivity index (χ3v) is 11.4. The summed E-state index contributed by atoms with van der Waals surface area (Å²) in [5, 5.41) is 2.60. The molecule has 1 atom stereocenters. The van der Waals surface area contributed by atoms with Crippen molar-refractivity contribution < 1.29 is 0 Å². The van der Waals surface area contributed by atoms with E-state index in [1.165, 1.54) is 83.4 Å². The molecule has 1 unspecified atom stereocenters. The van der Waals surface area contributed by atoms with Crippen LogP contribution in [0.15, 0.2) is 152 Å². The SMILES string of the molecule is CC1(C)c2ccccc2N(c2ccccn2)c2ccc3c(c21)-c1ccccc1C31c2ccccc2-n2c3ccccc3c3cccc1c32. The molecule has 6 aromatic carbocycles. The van der Waals surface area contributed by atoms with Gasteiger partial charge < -0.3 is 4.57 Å². The number of para-hydroxylation sites is 4. The lowest BCUT2D eigenvalue weighted by Crippen LogP contribution is -2.35. The summed E-state index contributed by atoms with van der Waals surface area (Å²) in [5.74, 6) is 0.931. The first-order valence-corrected chi connectivity index (χ1v) is 16.8. The molecule has 1 aliphatic carbocycles. The maximum atomic E-state index is 4.89. The highest BCUT2D eigenvalue weighted by atomic mass is 15.2. The van der Waals surface area contributed by atoms with Crippen molar-refractivity contribution in [2.24, 2.45) is 0 Å². The lowest BCUT2D eigenvalue weighted by Gasteiger charge is -2.44. The summed E-state index contributed by atoms with van der Waals surface area (Å²) in [6, 6.07) is 54.0. The number of hydrogen-bond acceptors (Lipinski definition) is 2. The molecule has 1 spiro atoms. The van der Waals surface area contributed by atoms with Crippen molar-refractivity contribution in [3.05, 3.63) is 185 Å². The maximum absolute atomic E-state index is 4.89. The van der Waals surface area contributed by atoms with Crippen LogP contribution < -0.4 is 4.90 Å². The Balaban J connectivity index is 1.33. The zero-order valence-corrected chi connectivity index (χ0v) is 26.8. The Morgan fingerprint density at radius 1 is 0.500 bits per heavy atom. The molecule has 0 saturated carbocycles. The van der Waals surface area contributed by atoms with Gasteiger partial charge in [-0.25, -0.2) is 4.98 Å². The number of hydrogen-bond donors (Lipinski definition) is 0. The predicted molar refractivity (Wildman–Crippen MR) is 196 cm³/mol. The second kappa shape index (κ2) is 8.90. The molecular formula is C45H31N3. The minimum absolute atomic E-state index is 0.268. The van der Waals surface area contributed by atoms with Gasteiger partial charge in [0, 0.05) is 22.4 Å². The van der Waals surface area contributed by atoms with E-state index in [1.54, 1.807) is 0 Å². The topological polar surface area (TPSA) is 21.1 Å². The van der Waals surface area contributed by atoms with Crippen LogP contribution >= 0.6 is 0 Å². The van der Waals surface area contributed by atoms with Crippen LogP contribution in [0.4, 0.5) is 17.2 Å². The fourth-order valence-electron chi connectivity index (χ4n) is 9.65. The fraction of sp³-hybridized carbons (Fsp3) is 0.0889. The van der Waals surface area contributed by atoms with Gasteiger partial charge in [0.15, 0.2) is 0 Å². The lowest BCUT2D eigenvalue weighted by molar-refractivity contribution is 0.631. The molecule has 3 nitrogen and oxygen atoms in total. The van der Waals surface area contributed by atoms with Crippen LogP contribution in [0, 0.1) is 0 Å². The van der Waals surface area contributed by atoms with Crippen molar-refractivity contribution in [3.63, 3.8) is 0 Å². The van der Waals surface area contributed by atoms with Gasteiger partial charge in [-0.2, -0.15) is 0 Å². The molecule has 3 aliphatic rings. The predicted octanol–water partition coefficient (Wildman–Crippen LogP) is 11.0. The Hall–Kier alpha value is -5.93. The molecule has 0 N–H and O–H groups in total. The first-order chi connectivity index (χ1) is 23.6. The van der Waals surface area contributed by atoms with Crippen molar-refractivity contribution >= 4 is 39.0 Å². The molecule has 226 valence electrons. The molecule has 4 heterocycles. The summed E-state index contributed by atoms with van der Waals surface area (Å²) in [5.41, 5.74) is 16.1. The maximum Gasteiger partial charge on any atom is 0.137 e. The van der Waals surface area contributed by atoms with E-state index in [-0.39, 0.29) is 5.41 Å². The molecule has 0 fully saturated rings. The van der Waals surface area contributed by atoms with Crippen LogP contribution in [-0.2, 0) is 10.8 Å². The minimum Gasteiger partial charge on any atom is -0.309 e. The zero-order valence-electron chi connectivity index (χ0n) is 26.8. The lowest BCUT2D eigenvalue weighted by atomic mass is 9.64. The number of fused-ring (bicyclic) bond motifs is 15. The summed E-state index contributed by atoms with van der Waals surface area (Å²) >= 11 is 0. The monoisotopic (exact) mass is 613 g/mol. The number of benzene rings is 6. The van der Waals surface area contributed by atoms with Crippen LogP contribution in [0.2, 0.25) is 0 Å². The average Bonchev–Trinajstić information content (AvgIpc) is 3.63. The Morgan fingerprint density at radius 3 is 2.04 bits per heavy atom. The Kier molecular flexibility index (Phi) is 4.85. The van der Waals surface area contributed by atoms with Crippen molar-refractivity contribution in [3.8, 4) is 16.8 Å². The first-order valence-electron chi connectivity index (χ1n) is 16.8. The van der Waals surface area contributed by atoms with Crippen molar-refractivity contribution in [2.75, 3.05) is 4.90 Å². The first kappa shape index (κ1) is 26.2. The van der Waals surface area contributed by atoms with Crippen molar-refractivity contribution in [1.82, 2.24) is 9.55 Å². The fourth-order valence-corrected chi connectivity index (χ4v) is 9.65. The molecule has 3 heteroatoms. The third-order valence-electron chi connectivity index (χ3n) is 11.4. The molecule has 0 radical (unpaired) electrons. The van der Waals surface area contributed by atoms with Crippen LogP contribution in [0.25, 0.3) is 38.6 Å². The molecule has 2 aliphatic heterocycles. The van der Waals surface area contributed by atoms with Gasteiger partial charge in [-0.15, -0.1) is 0 Å². The van der Waals surface area contributed by atoms with Gasteiger partial charge in [0.25, 0.3) is 0 Å². The van der Waals surface area contributed by atoms with E-state index < -0.39 is 5.41 Å². The number of aromatic nitrogens is 2. The van der Waals surface area contributed by atoms with Gasteiger partial charge in [-0.3, -0.25) is 4.90 Å². The normalized spacial score (nSPS) is 17.6. The van der Waals surface area contributed by atoms with Gasteiger partial charge >= 0.3 is 0 Å².